The number of nitrogens with one attached hydrogen (secondary N) is 2. The maximum absolute atomic E-state index is 13.5. The molecule has 0 radical (unpaired) electrons. The predicted octanol–water partition coefficient (Wildman–Crippen LogP) is 6.06. The van der Waals surface area contributed by atoms with Gasteiger partial charge in [-0.1, -0.05) is 11.6 Å². The molecule has 0 saturated carbocycles. The number of carbonyl (C=O) groups is 4. The third-order valence-corrected chi connectivity index (χ3v) is 6.13. The zero-order chi connectivity index (χ0) is 31.6. The van der Waals surface area contributed by atoms with E-state index in [4.69, 9.17) is 26.3 Å². The van der Waals surface area contributed by atoms with E-state index >= 15 is 0 Å². The van der Waals surface area contributed by atoms with Crippen molar-refractivity contribution in [1.82, 2.24) is 5.32 Å². The molecule has 0 bridgehead atoms. The van der Waals surface area contributed by atoms with Crippen LogP contribution in [-0.4, -0.2) is 48.4 Å². The van der Waals surface area contributed by atoms with Crippen LogP contribution in [0.5, 0.6) is 0 Å². The second-order valence-electron chi connectivity index (χ2n) is 10.5. The molecular weight excluding hydrogens is 583 g/mol. The number of nitriles is 1. The minimum atomic E-state index is -4.90. The quantitative estimate of drug-likeness (QED) is 0.300. The fourth-order valence-corrected chi connectivity index (χ4v) is 4.13. The molecule has 2 aromatic carbocycles. The molecule has 0 unspecified atom stereocenters. The second kappa shape index (κ2) is 11.8. The Labute approximate surface area is 244 Å². The van der Waals surface area contributed by atoms with E-state index < -0.39 is 52.6 Å². The highest BCUT2D eigenvalue weighted by Crippen LogP contribution is 2.40. The molecule has 5 amide bonds. The van der Waals surface area contributed by atoms with E-state index in [1.165, 1.54) is 38.1 Å². The van der Waals surface area contributed by atoms with Crippen molar-refractivity contribution in [2.24, 2.45) is 0 Å². The molecule has 1 aliphatic rings. The number of alkyl carbamates (subject to hydrolysis) is 1. The predicted molar refractivity (Wildman–Crippen MR) is 146 cm³/mol. The van der Waals surface area contributed by atoms with Gasteiger partial charge in [-0.2, -0.15) is 18.4 Å². The first-order valence-corrected chi connectivity index (χ1v) is 12.7. The van der Waals surface area contributed by atoms with E-state index in [0.29, 0.717) is 11.0 Å². The molecule has 224 valence electrons. The van der Waals surface area contributed by atoms with Crippen molar-refractivity contribution in [3.8, 4) is 6.07 Å². The van der Waals surface area contributed by atoms with Gasteiger partial charge in [-0.15, -0.1) is 0 Å². The van der Waals surface area contributed by atoms with Crippen LogP contribution in [0.3, 0.4) is 0 Å². The maximum Gasteiger partial charge on any atom is 0.417 e. The van der Waals surface area contributed by atoms with Gasteiger partial charge in [0.25, 0.3) is 5.91 Å². The number of carbonyl (C=O) groups excluding carboxylic acids is 4. The van der Waals surface area contributed by atoms with E-state index in [1.54, 1.807) is 20.8 Å². The molecule has 2 N–H and O–H groups in total. The monoisotopic (exact) mass is 609 g/mol. The fourth-order valence-electron chi connectivity index (χ4n) is 3.96. The normalized spacial score (nSPS) is 14.9. The first kappa shape index (κ1) is 32.0. The number of nitrogens with zero attached hydrogens (tertiary/aromatic N) is 3. The van der Waals surface area contributed by atoms with E-state index in [2.05, 4.69) is 10.6 Å². The number of anilines is 3. The van der Waals surface area contributed by atoms with Crippen LogP contribution in [0.2, 0.25) is 5.02 Å². The molecular formula is C27H27ClF3N5O6. The summed E-state index contributed by atoms with van der Waals surface area (Å²) >= 11 is 6.20. The number of hydrogen-bond acceptors (Lipinski definition) is 7. The Morgan fingerprint density at radius 2 is 1.69 bits per heavy atom. The molecule has 1 saturated heterocycles. The largest absolute Gasteiger partial charge is 0.447 e. The molecule has 3 rings (SSSR count). The van der Waals surface area contributed by atoms with Gasteiger partial charge in [-0.05, 0) is 71.0 Å². The van der Waals surface area contributed by atoms with Crippen LogP contribution < -0.4 is 20.4 Å². The summed E-state index contributed by atoms with van der Waals surface area (Å²) in [7, 11) is 0. The molecule has 1 fully saturated rings. The summed E-state index contributed by atoms with van der Waals surface area (Å²) in [5, 5.41) is 13.9. The number of alkyl halides is 3. The van der Waals surface area contributed by atoms with Crippen LogP contribution in [-0.2, 0) is 20.4 Å². The van der Waals surface area contributed by atoms with Gasteiger partial charge in [0.1, 0.15) is 17.7 Å². The Bertz CT molecular complexity index is 1470. The number of amides is 5. The molecule has 0 spiro atoms. The van der Waals surface area contributed by atoms with Gasteiger partial charge in [-0.3, -0.25) is 15.0 Å². The van der Waals surface area contributed by atoms with E-state index in [0.717, 1.165) is 17.0 Å². The Hall–Kier alpha value is -4.51. The van der Waals surface area contributed by atoms with E-state index in [-0.39, 0.29) is 35.2 Å². The van der Waals surface area contributed by atoms with Gasteiger partial charge in [0, 0.05) is 5.69 Å². The van der Waals surface area contributed by atoms with Gasteiger partial charge in [0.2, 0.25) is 0 Å². The maximum atomic E-state index is 13.5. The Kier molecular flexibility index (Phi) is 8.97. The molecule has 11 nitrogen and oxygen atoms in total. The van der Waals surface area contributed by atoms with Crippen molar-refractivity contribution in [3.05, 3.63) is 52.5 Å². The molecule has 1 heterocycles. The lowest BCUT2D eigenvalue weighted by Crippen LogP contribution is -2.44. The Morgan fingerprint density at radius 3 is 2.29 bits per heavy atom. The molecule has 0 aliphatic carbocycles. The third kappa shape index (κ3) is 7.03. The van der Waals surface area contributed by atoms with E-state index in [9.17, 15) is 32.3 Å². The number of hydrogen-bond donors (Lipinski definition) is 2. The highest BCUT2D eigenvalue weighted by molar-refractivity contribution is 6.34. The lowest BCUT2D eigenvalue weighted by atomic mass is 10.0. The number of rotatable bonds is 6. The SMILES string of the molecule is CC(C)(C)OC(=O)NCCOC(=O)Nc1cc(N2C(=O)N(c3ccc(C#N)c(C(F)(F)F)c3)C(=O)C2(C)C)ccc1Cl. The smallest absolute Gasteiger partial charge is 0.417 e. The van der Waals surface area contributed by atoms with Crippen LogP contribution in [0.1, 0.15) is 45.7 Å². The van der Waals surface area contributed by atoms with E-state index in [1.807, 2.05) is 0 Å². The third-order valence-electron chi connectivity index (χ3n) is 5.80. The molecule has 0 atom stereocenters. The van der Waals surface area contributed by atoms with Crippen LogP contribution >= 0.6 is 11.6 Å². The molecule has 2 aromatic rings. The highest BCUT2D eigenvalue weighted by Gasteiger charge is 2.53. The van der Waals surface area contributed by atoms with Crippen molar-refractivity contribution in [2.75, 3.05) is 28.3 Å². The summed E-state index contributed by atoms with van der Waals surface area (Å²) in [5.74, 6) is -0.827. The topological polar surface area (TPSA) is 141 Å². The van der Waals surface area contributed by atoms with Gasteiger partial charge in [0.05, 0.1) is 40.1 Å². The molecule has 1 aliphatic heterocycles. The van der Waals surface area contributed by atoms with Gasteiger partial charge >= 0.3 is 24.4 Å². The minimum absolute atomic E-state index is 0.00602. The molecule has 42 heavy (non-hydrogen) atoms. The number of halogens is 4. The van der Waals surface area contributed by atoms with Crippen molar-refractivity contribution < 1.29 is 41.8 Å². The van der Waals surface area contributed by atoms with Crippen molar-refractivity contribution in [3.63, 3.8) is 0 Å². The number of benzene rings is 2. The summed E-state index contributed by atoms with van der Waals surface area (Å²) in [6.45, 7) is 7.61. The number of ether oxygens (including phenoxy) is 2. The number of urea groups is 1. The second-order valence-corrected chi connectivity index (χ2v) is 10.9. The zero-order valence-electron chi connectivity index (χ0n) is 23.2. The summed E-state index contributed by atoms with van der Waals surface area (Å²) in [5.41, 5.74) is -4.50. The Morgan fingerprint density at radius 1 is 1.05 bits per heavy atom. The minimum Gasteiger partial charge on any atom is -0.447 e. The zero-order valence-corrected chi connectivity index (χ0v) is 23.9. The van der Waals surface area contributed by atoms with Gasteiger partial charge < -0.3 is 14.8 Å². The summed E-state index contributed by atoms with van der Waals surface area (Å²) in [6, 6.07) is 7.03. The van der Waals surface area contributed by atoms with Gasteiger partial charge in [0.15, 0.2) is 0 Å². The summed E-state index contributed by atoms with van der Waals surface area (Å²) in [6.07, 6.45) is -6.54. The standard InChI is InChI=1S/C27H27ClF3N5O6/c1-25(2,3)42-22(38)33-10-11-41-23(39)34-20-13-17(8-9-19(20)28)36-24(40)35(21(37)26(36,4)5)16-7-6-15(14-32)18(12-16)27(29,30)31/h6-9,12-13H,10-11H2,1-5H3,(H,33,38)(H,34,39). The fraction of sp³-hybridized carbons (Fsp3) is 0.370. The molecule has 15 heteroatoms. The first-order valence-electron chi connectivity index (χ1n) is 12.4. The van der Waals surface area contributed by atoms with Crippen molar-refractivity contribution in [2.45, 2.75) is 51.9 Å². The number of imide groups is 1. The van der Waals surface area contributed by atoms with Crippen LogP contribution in [0.15, 0.2) is 36.4 Å². The highest BCUT2D eigenvalue weighted by atomic mass is 35.5. The van der Waals surface area contributed by atoms with Crippen molar-refractivity contribution >= 4 is 52.8 Å². The van der Waals surface area contributed by atoms with Crippen LogP contribution in [0.25, 0.3) is 0 Å². The molecule has 0 aromatic heterocycles. The van der Waals surface area contributed by atoms with Crippen LogP contribution in [0, 0.1) is 11.3 Å². The lowest BCUT2D eigenvalue weighted by Gasteiger charge is -2.28. The Balaban J connectivity index is 1.79. The summed E-state index contributed by atoms with van der Waals surface area (Å²) < 4.78 is 50.7. The average Bonchev–Trinajstić information content (AvgIpc) is 3.04. The lowest BCUT2D eigenvalue weighted by molar-refractivity contribution is -0.137. The summed E-state index contributed by atoms with van der Waals surface area (Å²) in [4.78, 5) is 52.4. The first-order chi connectivity index (χ1) is 19.4. The van der Waals surface area contributed by atoms with Gasteiger partial charge in [-0.25, -0.2) is 19.3 Å². The van der Waals surface area contributed by atoms with Crippen LogP contribution in [0.4, 0.5) is 44.6 Å². The van der Waals surface area contributed by atoms with Crippen molar-refractivity contribution in [1.29, 1.82) is 5.26 Å². The average molecular weight is 610 g/mol.